The monoisotopic (exact) mass is 541 g/mol. The van der Waals surface area contributed by atoms with Crippen molar-refractivity contribution in [2.45, 2.75) is 32.5 Å². The van der Waals surface area contributed by atoms with Crippen LogP contribution < -0.4 is 16.0 Å². The molecule has 0 radical (unpaired) electrons. The predicted molar refractivity (Wildman–Crippen MR) is 147 cm³/mol. The number of aromatic amines is 1. The first-order valence-corrected chi connectivity index (χ1v) is 12.8. The quantitative estimate of drug-likeness (QED) is 0.286. The van der Waals surface area contributed by atoms with Crippen LogP contribution in [-0.2, 0) is 23.1 Å². The molecular formula is C28H27N7O5. The van der Waals surface area contributed by atoms with Gasteiger partial charge in [-0.25, -0.2) is 14.8 Å². The second-order valence-corrected chi connectivity index (χ2v) is 9.37. The molecule has 6 rings (SSSR count). The molecule has 0 spiro atoms. The van der Waals surface area contributed by atoms with Crippen LogP contribution in [0.1, 0.15) is 29.5 Å². The molecule has 1 amide bonds. The minimum absolute atomic E-state index is 0.174. The van der Waals surface area contributed by atoms with Gasteiger partial charge in [-0.3, -0.25) is 19.2 Å². The lowest BCUT2D eigenvalue weighted by Crippen LogP contribution is -2.42. The maximum Gasteiger partial charge on any atom is 0.439 e. The molecule has 2 N–H and O–H groups in total. The van der Waals surface area contributed by atoms with E-state index >= 15 is 0 Å². The Kier molecular flexibility index (Phi) is 6.84. The fraction of sp³-hybridized carbons (Fsp3) is 0.250. The van der Waals surface area contributed by atoms with Crippen LogP contribution in [0.4, 0.5) is 11.5 Å². The van der Waals surface area contributed by atoms with E-state index in [9.17, 15) is 9.59 Å². The number of carbonyl (C=O) groups excluding carboxylic acids is 1. The summed E-state index contributed by atoms with van der Waals surface area (Å²) in [5, 5.41) is 7.06. The number of amides is 1. The van der Waals surface area contributed by atoms with Crippen LogP contribution >= 0.6 is 0 Å². The number of aryl methyl sites for hydroxylation is 1. The topological polar surface area (TPSA) is 140 Å². The van der Waals surface area contributed by atoms with Crippen molar-refractivity contribution in [3.63, 3.8) is 0 Å². The van der Waals surface area contributed by atoms with Gasteiger partial charge in [0.15, 0.2) is 18.4 Å². The summed E-state index contributed by atoms with van der Waals surface area (Å²) >= 11 is 0. The lowest BCUT2D eigenvalue weighted by molar-refractivity contribution is -0.376. The highest BCUT2D eigenvalue weighted by molar-refractivity contribution is 6.07. The lowest BCUT2D eigenvalue weighted by Gasteiger charge is -2.35. The number of pyridine rings is 1. The van der Waals surface area contributed by atoms with Crippen LogP contribution in [0.25, 0.3) is 22.4 Å². The van der Waals surface area contributed by atoms with Gasteiger partial charge in [0.05, 0.1) is 17.6 Å². The Morgan fingerprint density at radius 2 is 1.95 bits per heavy atom. The number of carbonyl (C=O) groups is 1. The molecule has 3 aromatic heterocycles. The van der Waals surface area contributed by atoms with E-state index in [1.807, 2.05) is 79.2 Å². The second-order valence-electron chi connectivity index (χ2n) is 9.37. The van der Waals surface area contributed by atoms with Crippen LogP contribution in [0, 0.1) is 0 Å². The molecule has 0 bridgehead atoms. The van der Waals surface area contributed by atoms with Crippen molar-refractivity contribution in [2.24, 2.45) is 7.05 Å². The van der Waals surface area contributed by atoms with Gasteiger partial charge < -0.3 is 19.4 Å². The van der Waals surface area contributed by atoms with Crippen molar-refractivity contribution in [3.05, 3.63) is 88.8 Å². The highest BCUT2D eigenvalue weighted by atomic mass is 16.9. The largest absolute Gasteiger partial charge is 0.439 e. The van der Waals surface area contributed by atoms with E-state index in [0.29, 0.717) is 36.7 Å². The van der Waals surface area contributed by atoms with Gasteiger partial charge in [0.2, 0.25) is 0 Å². The molecule has 204 valence electrons. The van der Waals surface area contributed by atoms with E-state index in [2.05, 4.69) is 25.0 Å². The van der Waals surface area contributed by atoms with Gasteiger partial charge in [-0.2, -0.15) is 0 Å². The fourth-order valence-corrected chi connectivity index (χ4v) is 4.62. The van der Waals surface area contributed by atoms with Crippen molar-refractivity contribution in [1.29, 1.82) is 0 Å². The van der Waals surface area contributed by atoms with Crippen LogP contribution in [-0.4, -0.2) is 49.7 Å². The smallest absolute Gasteiger partial charge is 0.378 e. The third-order valence-corrected chi connectivity index (χ3v) is 6.72. The number of benzene rings is 2. The average molecular weight is 542 g/mol. The summed E-state index contributed by atoms with van der Waals surface area (Å²) in [7, 11) is 1.94. The molecule has 5 aromatic rings. The Balaban J connectivity index is 1.18. The van der Waals surface area contributed by atoms with E-state index in [1.54, 1.807) is 11.1 Å². The first kappa shape index (κ1) is 25.5. The third kappa shape index (κ3) is 5.22. The number of rotatable bonds is 9. The average Bonchev–Trinajstić information content (AvgIpc) is 3.54. The molecule has 4 heterocycles. The molecule has 12 heteroatoms. The van der Waals surface area contributed by atoms with E-state index in [-0.39, 0.29) is 18.5 Å². The molecule has 0 saturated carbocycles. The number of aromatic nitrogens is 5. The zero-order valence-corrected chi connectivity index (χ0v) is 21.9. The number of imidazole rings is 1. The Morgan fingerprint density at radius 3 is 2.65 bits per heavy atom. The Morgan fingerprint density at radius 1 is 1.12 bits per heavy atom. The Bertz CT molecular complexity index is 1690. The van der Waals surface area contributed by atoms with Gasteiger partial charge in [-0.1, -0.05) is 11.2 Å². The molecule has 1 fully saturated rings. The highest BCUT2D eigenvalue weighted by Gasteiger charge is 2.29. The van der Waals surface area contributed by atoms with Crippen LogP contribution in [0.3, 0.4) is 0 Å². The SMILES string of the molecule is CC1OC(CCN(C(=O)c2ccc3c(c2)nc(CNc2ccc(-c4noc(=O)[nH]4)cc2)n3C)c2ccccn2)O1. The van der Waals surface area contributed by atoms with Crippen molar-refractivity contribution in [1.82, 2.24) is 24.7 Å². The number of nitrogens with zero attached hydrogens (tertiary/aromatic N) is 5. The zero-order valence-electron chi connectivity index (χ0n) is 21.9. The summed E-state index contributed by atoms with van der Waals surface area (Å²) in [5.74, 6) is 0.970. The molecule has 12 nitrogen and oxygen atoms in total. The second kappa shape index (κ2) is 10.8. The van der Waals surface area contributed by atoms with Crippen LogP contribution in [0.5, 0.6) is 0 Å². The highest BCUT2D eigenvalue weighted by Crippen LogP contribution is 2.24. The standard InChI is InChI=1S/C28H27N7O5/c1-17-38-25(39-17)12-14-35(23-5-3-4-13-29-23)27(36)19-8-11-22-21(15-19)31-24(34(22)2)16-30-20-9-6-18(7-10-20)26-32-28(37)40-33-26/h3-11,13,15,17,25,30H,12,14,16H2,1-2H3,(H,32,33,37). The molecule has 40 heavy (non-hydrogen) atoms. The molecule has 1 aliphatic heterocycles. The van der Waals surface area contributed by atoms with E-state index in [1.165, 1.54) is 0 Å². The molecule has 0 aliphatic carbocycles. The summed E-state index contributed by atoms with van der Waals surface area (Å²) < 4.78 is 17.7. The molecular weight excluding hydrogens is 514 g/mol. The number of hydrogen-bond acceptors (Lipinski definition) is 9. The van der Waals surface area contributed by atoms with Crippen LogP contribution in [0.2, 0.25) is 0 Å². The Labute approximate surface area is 228 Å². The van der Waals surface area contributed by atoms with E-state index in [4.69, 9.17) is 14.5 Å². The molecule has 1 saturated heterocycles. The third-order valence-electron chi connectivity index (χ3n) is 6.72. The Hall–Kier alpha value is -4.81. The van der Waals surface area contributed by atoms with Gasteiger partial charge in [-0.15, -0.1) is 0 Å². The molecule has 0 unspecified atom stereocenters. The first-order chi connectivity index (χ1) is 19.4. The number of H-pyrrole nitrogens is 1. The number of fused-ring (bicyclic) bond motifs is 1. The number of ether oxygens (including phenoxy) is 2. The van der Waals surface area contributed by atoms with Gasteiger partial charge >= 0.3 is 5.76 Å². The molecule has 2 aromatic carbocycles. The maximum atomic E-state index is 13.6. The van der Waals surface area contributed by atoms with Crippen molar-refractivity contribution < 1.29 is 18.8 Å². The summed E-state index contributed by atoms with van der Waals surface area (Å²) in [6, 6.07) is 18.4. The molecule has 1 aliphatic rings. The zero-order chi connectivity index (χ0) is 27.6. The van der Waals surface area contributed by atoms with Crippen molar-refractivity contribution in [3.8, 4) is 11.4 Å². The minimum atomic E-state index is -0.596. The van der Waals surface area contributed by atoms with Crippen molar-refractivity contribution >= 4 is 28.4 Å². The van der Waals surface area contributed by atoms with Gasteiger partial charge in [0.25, 0.3) is 5.91 Å². The van der Waals surface area contributed by atoms with Crippen LogP contribution in [0.15, 0.2) is 76.2 Å². The number of hydrogen-bond donors (Lipinski definition) is 2. The van der Waals surface area contributed by atoms with Gasteiger partial charge in [0, 0.05) is 43.0 Å². The van der Waals surface area contributed by atoms with Crippen molar-refractivity contribution in [2.75, 3.05) is 16.8 Å². The molecule has 0 atom stereocenters. The summed E-state index contributed by atoms with van der Waals surface area (Å²) in [6.45, 7) is 2.70. The maximum absolute atomic E-state index is 13.6. The summed E-state index contributed by atoms with van der Waals surface area (Å²) in [4.78, 5) is 38.2. The normalized spacial score (nSPS) is 16.6. The van der Waals surface area contributed by atoms with E-state index in [0.717, 1.165) is 28.1 Å². The summed E-state index contributed by atoms with van der Waals surface area (Å²) in [6.07, 6.45) is 1.65. The van der Waals surface area contributed by atoms with Gasteiger partial charge in [-0.05, 0) is 61.5 Å². The van der Waals surface area contributed by atoms with E-state index < -0.39 is 5.76 Å². The number of nitrogens with one attached hydrogen (secondary N) is 2. The first-order valence-electron chi connectivity index (χ1n) is 12.8. The summed E-state index contributed by atoms with van der Waals surface area (Å²) in [5.41, 5.74) is 3.75. The predicted octanol–water partition coefficient (Wildman–Crippen LogP) is 3.68. The van der Waals surface area contributed by atoms with Gasteiger partial charge in [0.1, 0.15) is 11.6 Å². The number of anilines is 2. The minimum Gasteiger partial charge on any atom is -0.378 e. The fourth-order valence-electron chi connectivity index (χ4n) is 4.62. The lowest BCUT2D eigenvalue weighted by atomic mass is 10.1.